The maximum atomic E-state index is 12.3. The van der Waals surface area contributed by atoms with Crippen LogP contribution in [0.4, 0.5) is 0 Å². The van der Waals surface area contributed by atoms with Gasteiger partial charge in [-0.2, -0.15) is 10.2 Å². The van der Waals surface area contributed by atoms with E-state index in [0.29, 0.717) is 11.0 Å². The quantitative estimate of drug-likeness (QED) is 0.366. The van der Waals surface area contributed by atoms with Gasteiger partial charge in [-0.15, -0.1) is 0 Å². The third-order valence-electron chi connectivity index (χ3n) is 3.44. The Bertz CT molecular complexity index is 934. The number of hydrogen-bond acceptors (Lipinski definition) is 3. The molecule has 0 fully saturated rings. The van der Waals surface area contributed by atoms with Crippen molar-refractivity contribution in [3.05, 3.63) is 85.0 Å². The summed E-state index contributed by atoms with van der Waals surface area (Å²) in [6.07, 6.45) is 3.35. The first kappa shape index (κ1) is 19.0. The van der Waals surface area contributed by atoms with Gasteiger partial charge in [0, 0.05) is 15.1 Å². The van der Waals surface area contributed by atoms with E-state index in [4.69, 9.17) is 0 Å². The summed E-state index contributed by atoms with van der Waals surface area (Å²) in [5.41, 5.74) is 4.75. The highest BCUT2D eigenvalue weighted by Gasteiger charge is 2.14. The van der Waals surface area contributed by atoms with Crippen molar-refractivity contribution in [2.24, 2.45) is 5.10 Å². The van der Waals surface area contributed by atoms with Crippen molar-refractivity contribution in [2.45, 2.75) is 6.54 Å². The molecule has 1 heterocycles. The van der Waals surface area contributed by atoms with Crippen LogP contribution in [0.5, 0.6) is 0 Å². The molecule has 5 nitrogen and oxygen atoms in total. The first-order chi connectivity index (χ1) is 12.5. The van der Waals surface area contributed by atoms with Gasteiger partial charge >= 0.3 is 0 Å². The first-order valence-corrected chi connectivity index (χ1v) is 9.95. The summed E-state index contributed by atoms with van der Waals surface area (Å²) in [5, 5.41) is 8.31. The van der Waals surface area contributed by atoms with Gasteiger partial charge in [0.25, 0.3) is 5.91 Å². The van der Waals surface area contributed by atoms with Crippen molar-refractivity contribution < 1.29 is 4.79 Å². The first-order valence-electron chi connectivity index (χ1n) is 7.57. The molecular weight excluding hydrogens is 528 g/mol. The third-order valence-corrected chi connectivity index (χ3v) is 5.08. The minimum Gasteiger partial charge on any atom is -0.266 e. The summed E-state index contributed by atoms with van der Waals surface area (Å²) in [5.74, 6) is -0.375. The topological polar surface area (TPSA) is 59.3 Å². The molecule has 0 aliphatic carbocycles. The second-order valence-corrected chi connectivity index (χ2v) is 8.09. The van der Waals surface area contributed by atoms with Crippen molar-refractivity contribution >= 4 is 59.9 Å². The van der Waals surface area contributed by atoms with Crippen LogP contribution in [-0.4, -0.2) is 21.9 Å². The van der Waals surface area contributed by atoms with E-state index >= 15 is 0 Å². The highest BCUT2D eigenvalue weighted by Crippen LogP contribution is 2.17. The van der Waals surface area contributed by atoms with Gasteiger partial charge < -0.3 is 0 Å². The van der Waals surface area contributed by atoms with E-state index in [2.05, 4.69) is 63.4 Å². The molecule has 3 aromatic rings. The molecule has 1 aromatic heterocycles. The summed E-state index contributed by atoms with van der Waals surface area (Å²) in [7, 11) is 0. The third kappa shape index (κ3) is 5.12. The number of nitrogens with zero attached hydrogens (tertiary/aromatic N) is 3. The maximum Gasteiger partial charge on any atom is 0.293 e. The summed E-state index contributed by atoms with van der Waals surface area (Å²) < 4.78 is 4.33. The Balaban J connectivity index is 1.65. The molecule has 26 heavy (non-hydrogen) atoms. The smallest absolute Gasteiger partial charge is 0.266 e. The van der Waals surface area contributed by atoms with Crippen molar-refractivity contribution in [3.63, 3.8) is 0 Å². The van der Waals surface area contributed by atoms with E-state index in [1.165, 1.54) is 0 Å². The van der Waals surface area contributed by atoms with Crippen molar-refractivity contribution in [1.29, 1.82) is 0 Å². The molecular formula is C18H13Br3N4O. The zero-order chi connectivity index (χ0) is 18.5. The van der Waals surface area contributed by atoms with Gasteiger partial charge in [0.2, 0.25) is 0 Å². The number of amides is 1. The van der Waals surface area contributed by atoms with E-state index in [9.17, 15) is 4.79 Å². The van der Waals surface area contributed by atoms with Gasteiger partial charge in [-0.05, 0) is 51.3 Å². The fourth-order valence-corrected chi connectivity index (χ4v) is 3.20. The average molecular weight is 541 g/mol. The minimum absolute atomic E-state index is 0.287. The molecule has 0 aliphatic rings. The summed E-state index contributed by atoms with van der Waals surface area (Å²) in [4.78, 5) is 12.3. The highest BCUT2D eigenvalue weighted by atomic mass is 79.9. The van der Waals surface area contributed by atoms with Crippen molar-refractivity contribution in [1.82, 2.24) is 15.2 Å². The van der Waals surface area contributed by atoms with Crippen LogP contribution in [0.1, 0.15) is 21.6 Å². The van der Waals surface area contributed by atoms with Crippen LogP contribution >= 0.6 is 47.8 Å². The number of carbonyl (C=O) groups is 1. The summed E-state index contributed by atoms with van der Waals surface area (Å²) >= 11 is 10.2. The Morgan fingerprint density at radius 3 is 2.31 bits per heavy atom. The predicted octanol–water partition coefficient (Wildman–Crippen LogP) is 4.98. The summed E-state index contributed by atoms with van der Waals surface area (Å²) in [6, 6.07) is 15.5. The molecule has 2 aromatic carbocycles. The lowest BCUT2D eigenvalue weighted by Crippen LogP contribution is -2.19. The van der Waals surface area contributed by atoms with Crippen molar-refractivity contribution in [3.8, 4) is 0 Å². The molecule has 0 saturated carbocycles. The Hall–Kier alpha value is -1.77. The van der Waals surface area contributed by atoms with E-state index in [1.807, 2.05) is 48.5 Å². The molecule has 0 spiro atoms. The standard InChI is InChI=1S/C18H13Br3N4O/c19-14-5-1-12(2-6-14)9-22-23-18(26)17-16(21)11-25(24-17)10-13-3-7-15(20)8-4-13/h1-9,11H,10H2,(H,23,26). The van der Waals surface area contributed by atoms with E-state index in [-0.39, 0.29) is 11.6 Å². The molecule has 3 rings (SSSR count). The number of rotatable bonds is 5. The highest BCUT2D eigenvalue weighted by molar-refractivity contribution is 9.11. The van der Waals surface area contributed by atoms with Gasteiger partial charge in [0.1, 0.15) is 0 Å². The SMILES string of the molecule is O=C(NN=Cc1ccc(Br)cc1)c1nn(Cc2ccc(Br)cc2)cc1Br. The zero-order valence-corrected chi connectivity index (χ0v) is 18.1. The molecule has 132 valence electrons. The average Bonchev–Trinajstić information content (AvgIpc) is 2.99. The fourth-order valence-electron chi connectivity index (χ4n) is 2.18. The van der Waals surface area contributed by atoms with Crippen LogP contribution in [0.25, 0.3) is 0 Å². The van der Waals surface area contributed by atoms with Crippen LogP contribution in [-0.2, 0) is 6.54 Å². The maximum absolute atomic E-state index is 12.3. The second kappa shape index (κ2) is 8.75. The monoisotopic (exact) mass is 538 g/mol. The number of aromatic nitrogens is 2. The van der Waals surface area contributed by atoms with E-state index in [0.717, 1.165) is 20.1 Å². The van der Waals surface area contributed by atoms with Crippen molar-refractivity contribution in [2.75, 3.05) is 0 Å². The Morgan fingerprint density at radius 2 is 1.65 bits per heavy atom. The van der Waals surface area contributed by atoms with Crippen LogP contribution < -0.4 is 5.43 Å². The Kier molecular flexibility index (Phi) is 6.39. The van der Waals surface area contributed by atoms with Gasteiger partial charge in [0.05, 0.1) is 17.2 Å². The zero-order valence-electron chi connectivity index (χ0n) is 13.4. The number of halogens is 3. The van der Waals surface area contributed by atoms with Gasteiger partial charge in [-0.25, -0.2) is 5.43 Å². The predicted molar refractivity (Wildman–Crippen MR) is 112 cm³/mol. The Labute approximate surface area is 175 Å². The Morgan fingerprint density at radius 1 is 1.04 bits per heavy atom. The number of benzene rings is 2. The van der Waals surface area contributed by atoms with Crippen LogP contribution in [0.3, 0.4) is 0 Å². The van der Waals surface area contributed by atoms with Crippen LogP contribution in [0, 0.1) is 0 Å². The number of nitrogens with one attached hydrogen (secondary N) is 1. The molecule has 8 heteroatoms. The molecule has 0 saturated heterocycles. The number of carbonyl (C=O) groups excluding carboxylic acids is 1. The van der Waals surface area contributed by atoms with E-state index < -0.39 is 0 Å². The lowest BCUT2D eigenvalue weighted by Gasteiger charge is -2.02. The van der Waals surface area contributed by atoms with Gasteiger partial charge in [0.15, 0.2) is 5.69 Å². The molecule has 0 bridgehead atoms. The molecule has 1 N–H and O–H groups in total. The lowest BCUT2D eigenvalue weighted by atomic mass is 10.2. The number of hydrogen-bond donors (Lipinski definition) is 1. The van der Waals surface area contributed by atoms with Gasteiger partial charge in [-0.3, -0.25) is 9.48 Å². The van der Waals surface area contributed by atoms with Gasteiger partial charge in [-0.1, -0.05) is 56.1 Å². The molecule has 0 radical (unpaired) electrons. The molecule has 1 amide bonds. The minimum atomic E-state index is -0.375. The second-order valence-electron chi connectivity index (χ2n) is 5.40. The van der Waals surface area contributed by atoms with Crippen LogP contribution in [0.2, 0.25) is 0 Å². The molecule has 0 unspecified atom stereocenters. The molecule has 0 atom stereocenters. The summed E-state index contributed by atoms with van der Waals surface area (Å²) in [6.45, 7) is 0.571. The lowest BCUT2D eigenvalue weighted by molar-refractivity contribution is 0.0948. The molecule has 0 aliphatic heterocycles. The largest absolute Gasteiger partial charge is 0.293 e. The fraction of sp³-hybridized carbons (Fsp3) is 0.0556. The van der Waals surface area contributed by atoms with E-state index in [1.54, 1.807) is 17.1 Å². The van der Waals surface area contributed by atoms with Crippen LogP contribution in [0.15, 0.2) is 73.2 Å². The normalized spacial score (nSPS) is 11.0. The number of hydrazone groups is 1.